The Morgan fingerprint density at radius 3 is 1.05 bits per heavy atom. The van der Waals surface area contributed by atoms with Crippen molar-refractivity contribution in [3.63, 3.8) is 0 Å². The zero-order chi connectivity index (χ0) is 59.9. The van der Waals surface area contributed by atoms with E-state index in [9.17, 15) is 43.2 Å². The zero-order valence-electron chi connectivity index (χ0n) is 51.4. The summed E-state index contributed by atoms with van der Waals surface area (Å²) in [4.78, 5) is 71.9. The number of rotatable bonds is 60. The molecule has 0 aliphatic carbocycles. The fourth-order valence-corrected chi connectivity index (χ4v) is 10.2. The van der Waals surface area contributed by atoms with E-state index in [1.807, 2.05) is 0 Å². The number of aliphatic hydroxyl groups is 1. The highest BCUT2D eigenvalue weighted by Gasteiger charge is 2.30. The van der Waals surface area contributed by atoms with Gasteiger partial charge in [0, 0.05) is 25.7 Å². The highest BCUT2D eigenvalue weighted by molar-refractivity contribution is 7.47. The Morgan fingerprint density at radius 1 is 0.395 bits per heavy atom. The first-order chi connectivity index (χ1) is 39.1. The third-order valence-corrected chi connectivity index (χ3v) is 15.9. The van der Waals surface area contributed by atoms with Crippen LogP contribution in [0.2, 0.25) is 0 Å². The van der Waals surface area contributed by atoms with Gasteiger partial charge in [-0.3, -0.25) is 37.3 Å². The molecule has 0 saturated carbocycles. The second-order valence-electron chi connectivity index (χ2n) is 22.0. The number of ether oxygens (including phenoxy) is 4. The summed E-state index contributed by atoms with van der Waals surface area (Å²) in [7, 11) is -9.89. The van der Waals surface area contributed by atoms with Crippen molar-refractivity contribution in [3.8, 4) is 0 Å². The molecular weight excluding hydrogens is 1080 g/mol. The number of hydrogen-bond acceptors (Lipinski definition) is 15. The van der Waals surface area contributed by atoms with Gasteiger partial charge < -0.3 is 33.8 Å². The molecule has 3 unspecified atom stereocenters. The summed E-state index contributed by atoms with van der Waals surface area (Å²) < 4.78 is 67.7. The van der Waals surface area contributed by atoms with Crippen molar-refractivity contribution >= 4 is 39.5 Å². The minimum absolute atomic E-state index is 0.0840. The summed E-state index contributed by atoms with van der Waals surface area (Å²) in [6.07, 6.45) is 41.3. The van der Waals surface area contributed by atoms with Crippen molar-refractivity contribution in [2.75, 3.05) is 39.6 Å². The molecule has 3 N–H and O–H groups in total. The molecule has 0 heterocycles. The van der Waals surface area contributed by atoms with E-state index >= 15 is 0 Å². The Balaban J connectivity index is 5.25. The molecule has 0 amide bonds. The number of phosphoric ester groups is 2. The molecule has 0 aromatic carbocycles. The Labute approximate surface area is 491 Å². The van der Waals surface area contributed by atoms with Gasteiger partial charge in [-0.15, -0.1) is 0 Å². The molecule has 0 bridgehead atoms. The molecule has 19 heteroatoms. The molecule has 0 aromatic rings. The largest absolute Gasteiger partial charge is 0.472 e. The van der Waals surface area contributed by atoms with Crippen LogP contribution in [-0.4, -0.2) is 96.7 Å². The van der Waals surface area contributed by atoms with E-state index in [0.717, 1.165) is 128 Å². The molecule has 6 atom stereocenters. The van der Waals surface area contributed by atoms with Gasteiger partial charge >= 0.3 is 39.5 Å². The molecule has 0 aliphatic heterocycles. The summed E-state index contributed by atoms with van der Waals surface area (Å²) in [5.41, 5.74) is 0. The highest BCUT2D eigenvalue weighted by Crippen LogP contribution is 2.45. The average molecular weight is 1200 g/mol. The fraction of sp³-hybridized carbons (Fsp3) is 0.871. The molecule has 0 saturated heterocycles. The van der Waals surface area contributed by atoms with Crippen LogP contribution in [0.5, 0.6) is 0 Å². The number of phosphoric acid groups is 2. The number of allylic oxidation sites excluding steroid dienone is 4. The van der Waals surface area contributed by atoms with Crippen molar-refractivity contribution in [1.29, 1.82) is 0 Å². The van der Waals surface area contributed by atoms with E-state index in [-0.39, 0.29) is 25.7 Å². The maximum atomic E-state index is 12.9. The molecule has 81 heavy (non-hydrogen) atoms. The SMILES string of the molecule is CCCCCC/C=C\C=C/CCCCCCCC(=O)O[C@H](COC(=O)CCCCCCCCC(C)CC)COP(=O)(O)OC[C@@H](O)COP(=O)(O)OC[C@@H](COC(=O)CCCCCCCCCC)OC(=O)CCCCCCCCCC. The summed E-state index contributed by atoms with van der Waals surface area (Å²) in [6, 6.07) is 0. The van der Waals surface area contributed by atoms with Crippen molar-refractivity contribution in [2.24, 2.45) is 5.92 Å². The minimum atomic E-state index is -4.95. The molecule has 0 aromatic heterocycles. The maximum Gasteiger partial charge on any atom is 0.472 e. The Hall–Kier alpha value is -2.46. The molecule has 0 rings (SSSR count). The van der Waals surface area contributed by atoms with Crippen molar-refractivity contribution in [3.05, 3.63) is 24.3 Å². The highest BCUT2D eigenvalue weighted by atomic mass is 31.2. The quantitative estimate of drug-likeness (QED) is 0.0169. The lowest BCUT2D eigenvalue weighted by Gasteiger charge is -2.21. The summed E-state index contributed by atoms with van der Waals surface area (Å²) in [6.45, 7) is 7.01. The average Bonchev–Trinajstić information content (AvgIpc) is 3.44. The van der Waals surface area contributed by atoms with Crippen molar-refractivity contribution in [1.82, 2.24) is 0 Å². The van der Waals surface area contributed by atoms with Gasteiger partial charge in [-0.1, -0.05) is 232 Å². The zero-order valence-corrected chi connectivity index (χ0v) is 53.2. The van der Waals surface area contributed by atoms with Crippen LogP contribution < -0.4 is 0 Å². The van der Waals surface area contributed by atoms with Crippen molar-refractivity contribution < 1.29 is 80.2 Å². The number of hydrogen-bond donors (Lipinski definition) is 3. The van der Waals surface area contributed by atoms with Crippen LogP contribution >= 0.6 is 15.6 Å². The normalized spacial score (nSPS) is 14.8. The molecular formula is C62H116O17P2. The van der Waals surface area contributed by atoms with E-state index in [0.29, 0.717) is 25.7 Å². The van der Waals surface area contributed by atoms with E-state index in [1.54, 1.807) is 0 Å². The Morgan fingerprint density at radius 2 is 0.691 bits per heavy atom. The number of aliphatic hydroxyl groups excluding tert-OH is 1. The van der Waals surface area contributed by atoms with E-state index in [1.165, 1.54) is 77.0 Å². The molecule has 0 aliphatic rings. The monoisotopic (exact) mass is 1190 g/mol. The maximum absolute atomic E-state index is 12.9. The predicted octanol–water partition coefficient (Wildman–Crippen LogP) is 16.6. The first kappa shape index (κ1) is 78.5. The molecule has 476 valence electrons. The van der Waals surface area contributed by atoms with Gasteiger partial charge in [0.05, 0.1) is 26.4 Å². The summed E-state index contributed by atoms with van der Waals surface area (Å²) >= 11 is 0. The lowest BCUT2D eigenvalue weighted by molar-refractivity contribution is -0.161. The number of unbranched alkanes of at least 4 members (excludes halogenated alkanes) is 28. The lowest BCUT2D eigenvalue weighted by atomic mass is 10.00. The fourth-order valence-electron chi connectivity index (χ4n) is 8.66. The summed E-state index contributed by atoms with van der Waals surface area (Å²) in [5.74, 6) is -1.45. The van der Waals surface area contributed by atoms with Crippen LogP contribution in [0.4, 0.5) is 0 Å². The van der Waals surface area contributed by atoms with Crippen LogP contribution in [0, 0.1) is 5.92 Å². The first-order valence-corrected chi connectivity index (χ1v) is 35.0. The third-order valence-electron chi connectivity index (χ3n) is 14.0. The first-order valence-electron chi connectivity index (χ1n) is 32.0. The molecule has 0 spiro atoms. The molecule has 17 nitrogen and oxygen atoms in total. The second-order valence-corrected chi connectivity index (χ2v) is 24.9. The van der Waals surface area contributed by atoms with Crippen LogP contribution in [-0.2, 0) is 65.4 Å². The van der Waals surface area contributed by atoms with Crippen molar-refractivity contribution in [2.45, 2.75) is 303 Å². The van der Waals surface area contributed by atoms with Gasteiger partial charge in [0.25, 0.3) is 0 Å². The van der Waals surface area contributed by atoms with Gasteiger partial charge in [0.2, 0.25) is 0 Å². The smallest absolute Gasteiger partial charge is 0.462 e. The van der Waals surface area contributed by atoms with E-state index in [2.05, 4.69) is 58.9 Å². The lowest BCUT2D eigenvalue weighted by Crippen LogP contribution is -2.30. The third kappa shape index (κ3) is 55.2. The van der Waals surface area contributed by atoms with Crippen LogP contribution in [0.1, 0.15) is 285 Å². The second kappa shape index (κ2) is 55.4. The number of esters is 4. The van der Waals surface area contributed by atoms with Crippen LogP contribution in [0.25, 0.3) is 0 Å². The molecule has 0 fully saturated rings. The van der Waals surface area contributed by atoms with Gasteiger partial charge in [-0.2, -0.15) is 0 Å². The Bertz CT molecular complexity index is 1680. The minimum Gasteiger partial charge on any atom is -0.462 e. The molecule has 0 radical (unpaired) electrons. The number of carbonyl (C=O) groups excluding carboxylic acids is 4. The van der Waals surface area contributed by atoms with Crippen LogP contribution in [0.3, 0.4) is 0 Å². The standard InChI is InChI=1S/C62H116O17P2/c1-6-10-13-16-19-22-23-24-25-26-27-28-31-38-43-48-62(67)79-58(52-73-60(65)46-41-36-33-32-34-39-44-55(5)9-4)54-77-81(70,71)75-50-56(63)49-74-80(68,69)76-53-57(78-61(66)47-42-37-30-21-18-15-12-8-3)51-72-59(64)45-40-35-29-20-17-14-11-7-2/h22-25,55-58,63H,6-21,26-54H2,1-5H3,(H,68,69)(H,70,71)/b23-22-,25-24-/t55?,56-,57+,58+/m0/s1. The van der Waals surface area contributed by atoms with Gasteiger partial charge in [0.15, 0.2) is 12.2 Å². The van der Waals surface area contributed by atoms with Gasteiger partial charge in [-0.25, -0.2) is 9.13 Å². The number of carbonyl (C=O) groups is 4. The topological polar surface area (TPSA) is 237 Å². The predicted molar refractivity (Wildman–Crippen MR) is 321 cm³/mol. The summed E-state index contributed by atoms with van der Waals surface area (Å²) in [5, 5.41) is 10.5. The van der Waals surface area contributed by atoms with Gasteiger partial charge in [0.1, 0.15) is 19.3 Å². The van der Waals surface area contributed by atoms with Crippen LogP contribution in [0.15, 0.2) is 24.3 Å². The Kier molecular flexibility index (Phi) is 53.7. The van der Waals surface area contributed by atoms with Gasteiger partial charge in [-0.05, 0) is 57.3 Å². The van der Waals surface area contributed by atoms with E-state index < -0.39 is 97.5 Å². The van der Waals surface area contributed by atoms with E-state index in [4.69, 9.17) is 37.0 Å².